The van der Waals surface area contributed by atoms with E-state index in [-0.39, 0.29) is 23.5 Å². The first-order valence-corrected chi connectivity index (χ1v) is 6.61. The first kappa shape index (κ1) is 17.3. The monoisotopic (exact) mass is 290 g/mol. The lowest BCUT2D eigenvalue weighted by molar-refractivity contribution is -0.294. The van der Waals surface area contributed by atoms with Crippen LogP contribution in [-0.4, -0.2) is 47.0 Å². The third-order valence-electron chi connectivity index (χ3n) is 1.72. The molecule has 0 bridgehead atoms. The molecule has 108 valence electrons. The van der Waals surface area contributed by atoms with E-state index < -0.39 is 23.5 Å². The molecule has 0 heterocycles. The van der Waals surface area contributed by atoms with Gasteiger partial charge in [0.05, 0.1) is 13.2 Å². The molecule has 0 aliphatic carbocycles. The molecule has 0 aliphatic heterocycles. The predicted molar refractivity (Wildman–Crippen MR) is 67.9 cm³/mol. The summed E-state index contributed by atoms with van der Waals surface area (Å²) in [6.45, 7) is 5.85. The highest BCUT2D eigenvalue weighted by atomic mass is 28.1. The lowest BCUT2D eigenvalue weighted by Gasteiger charge is -2.28. The van der Waals surface area contributed by atoms with E-state index in [2.05, 4.69) is 6.58 Å². The molecule has 0 rings (SSSR count). The van der Waals surface area contributed by atoms with E-state index >= 15 is 0 Å². The summed E-state index contributed by atoms with van der Waals surface area (Å²) in [7, 11) is 0.148. The number of rotatable bonds is 8. The maximum atomic E-state index is 10.9. The molecule has 19 heavy (non-hydrogen) atoms. The Kier molecular flexibility index (Phi) is 7.69. The molecule has 0 spiro atoms. The zero-order chi connectivity index (χ0) is 14.9. The Hall–Kier alpha value is -1.67. The van der Waals surface area contributed by atoms with Gasteiger partial charge in [0.25, 0.3) is 0 Å². The molecular weight excluding hydrogens is 272 g/mol. The fourth-order valence-electron chi connectivity index (χ4n) is 1.15. The SMILES string of the molecule is C=CC(=O)OCCCOC([SiH3])(OC(C)=O)OC(C)=O. The maximum Gasteiger partial charge on any atom is 0.331 e. The summed E-state index contributed by atoms with van der Waals surface area (Å²) in [5.41, 5.74) is -1.64. The molecule has 0 aromatic carbocycles. The van der Waals surface area contributed by atoms with E-state index in [9.17, 15) is 14.4 Å². The molecule has 0 aromatic heterocycles. The standard InChI is InChI=1S/C11H18O7Si/c1-4-10(14)15-6-5-7-16-11(19,17-8(2)12)18-9(3)13/h4H,1,5-7H2,2-3,19H3. The van der Waals surface area contributed by atoms with Crippen LogP contribution in [0.1, 0.15) is 20.3 Å². The first-order valence-electron chi connectivity index (χ1n) is 5.61. The Balaban J connectivity index is 4.12. The number of carbonyl (C=O) groups excluding carboxylic acids is 3. The summed E-state index contributed by atoms with van der Waals surface area (Å²) < 4.78 is 19.6. The molecule has 0 aliphatic rings. The lowest BCUT2D eigenvalue weighted by atomic mass is 10.5. The lowest BCUT2D eigenvalue weighted by Crippen LogP contribution is -2.43. The highest BCUT2D eigenvalue weighted by Crippen LogP contribution is 2.12. The third kappa shape index (κ3) is 8.97. The second kappa shape index (κ2) is 8.43. The fraction of sp³-hybridized carbons (Fsp3) is 0.545. The summed E-state index contributed by atoms with van der Waals surface area (Å²) in [5.74, 6) is -1.76. The van der Waals surface area contributed by atoms with Gasteiger partial charge in [-0.2, -0.15) is 0 Å². The van der Waals surface area contributed by atoms with Crippen LogP contribution in [0, 0.1) is 0 Å². The van der Waals surface area contributed by atoms with Gasteiger partial charge in [-0.3, -0.25) is 9.59 Å². The van der Waals surface area contributed by atoms with Gasteiger partial charge in [-0.05, 0) is 0 Å². The second-order valence-electron chi connectivity index (χ2n) is 3.62. The van der Waals surface area contributed by atoms with Gasteiger partial charge in [-0.25, -0.2) is 4.79 Å². The molecule has 0 saturated carbocycles. The molecule has 0 fully saturated rings. The summed E-state index contributed by atoms with van der Waals surface area (Å²) in [5, 5.41) is 0. The van der Waals surface area contributed by atoms with Crippen molar-refractivity contribution in [2.45, 2.75) is 25.9 Å². The Labute approximate surface area is 114 Å². The van der Waals surface area contributed by atoms with Crippen LogP contribution in [0.3, 0.4) is 0 Å². The van der Waals surface area contributed by atoms with Gasteiger partial charge in [0.2, 0.25) is 0 Å². The van der Waals surface area contributed by atoms with Gasteiger partial charge in [-0.1, -0.05) is 6.58 Å². The molecule has 0 N–H and O–H groups in total. The molecule has 7 nitrogen and oxygen atoms in total. The largest absolute Gasteiger partial charge is 0.462 e. The summed E-state index contributed by atoms with van der Waals surface area (Å²) in [6, 6.07) is 0. The van der Waals surface area contributed by atoms with Gasteiger partial charge in [-0.15, -0.1) is 0 Å². The smallest absolute Gasteiger partial charge is 0.331 e. The number of hydrogen-bond acceptors (Lipinski definition) is 7. The van der Waals surface area contributed by atoms with Crippen molar-refractivity contribution in [3.05, 3.63) is 12.7 Å². The summed E-state index contributed by atoms with van der Waals surface area (Å²) in [6.07, 6.45) is 1.42. The molecule has 0 amide bonds. The van der Waals surface area contributed by atoms with Crippen LogP contribution >= 0.6 is 0 Å². The molecule has 0 unspecified atom stereocenters. The van der Waals surface area contributed by atoms with Crippen LogP contribution < -0.4 is 0 Å². The molecule has 0 saturated heterocycles. The van der Waals surface area contributed by atoms with Gasteiger partial charge < -0.3 is 18.9 Å². The second-order valence-corrected chi connectivity index (χ2v) is 4.85. The predicted octanol–water partition coefficient (Wildman–Crippen LogP) is -0.775. The summed E-state index contributed by atoms with van der Waals surface area (Å²) in [4.78, 5) is 32.6. The van der Waals surface area contributed by atoms with Crippen molar-refractivity contribution >= 4 is 28.2 Å². The Morgan fingerprint density at radius 3 is 2.11 bits per heavy atom. The maximum absolute atomic E-state index is 10.9. The highest BCUT2D eigenvalue weighted by Gasteiger charge is 2.31. The van der Waals surface area contributed by atoms with Crippen LogP contribution in [0.15, 0.2) is 12.7 Å². The van der Waals surface area contributed by atoms with Crippen LogP contribution in [0.4, 0.5) is 0 Å². The van der Waals surface area contributed by atoms with E-state index in [0.717, 1.165) is 6.08 Å². The van der Waals surface area contributed by atoms with Crippen molar-refractivity contribution < 1.29 is 33.3 Å². The summed E-state index contributed by atoms with van der Waals surface area (Å²) >= 11 is 0. The Morgan fingerprint density at radius 2 is 1.68 bits per heavy atom. The topological polar surface area (TPSA) is 88.1 Å². The normalized spacial score (nSPS) is 10.6. The number of ether oxygens (including phenoxy) is 4. The minimum absolute atomic E-state index is 0.106. The number of carbonyl (C=O) groups is 3. The fourth-order valence-corrected chi connectivity index (χ4v) is 1.93. The first-order chi connectivity index (χ1) is 8.79. The van der Waals surface area contributed by atoms with Gasteiger partial charge in [0, 0.05) is 26.3 Å². The Morgan fingerprint density at radius 1 is 1.16 bits per heavy atom. The molecule has 0 radical (unpaired) electrons. The van der Waals surface area contributed by atoms with Crippen LogP contribution in [-0.2, 0) is 33.3 Å². The average Bonchev–Trinajstić information content (AvgIpc) is 2.25. The van der Waals surface area contributed by atoms with Gasteiger partial charge >= 0.3 is 23.5 Å². The van der Waals surface area contributed by atoms with E-state index in [4.69, 9.17) is 18.9 Å². The van der Waals surface area contributed by atoms with Crippen molar-refractivity contribution in [3.63, 3.8) is 0 Å². The van der Waals surface area contributed by atoms with E-state index in [1.165, 1.54) is 13.8 Å². The van der Waals surface area contributed by atoms with Crippen molar-refractivity contribution in [2.24, 2.45) is 0 Å². The van der Waals surface area contributed by atoms with Crippen molar-refractivity contribution in [1.29, 1.82) is 0 Å². The number of esters is 3. The molecule has 0 aromatic rings. The van der Waals surface area contributed by atoms with E-state index in [0.29, 0.717) is 6.42 Å². The van der Waals surface area contributed by atoms with Crippen LogP contribution in [0.25, 0.3) is 0 Å². The molecule has 8 heteroatoms. The average molecular weight is 290 g/mol. The number of hydrogen-bond donors (Lipinski definition) is 0. The zero-order valence-electron chi connectivity index (χ0n) is 11.3. The van der Waals surface area contributed by atoms with Crippen molar-refractivity contribution in [2.75, 3.05) is 13.2 Å². The van der Waals surface area contributed by atoms with Crippen molar-refractivity contribution in [1.82, 2.24) is 0 Å². The van der Waals surface area contributed by atoms with Gasteiger partial charge in [0.15, 0.2) is 10.2 Å². The van der Waals surface area contributed by atoms with Crippen LogP contribution in [0.2, 0.25) is 0 Å². The van der Waals surface area contributed by atoms with Crippen LogP contribution in [0.5, 0.6) is 0 Å². The van der Waals surface area contributed by atoms with Gasteiger partial charge in [0.1, 0.15) is 0 Å². The Bertz CT molecular complexity index is 337. The quantitative estimate of drug-likeness (QED) is 0.191. The minimum Gasteiger partial charge on any atom is -0.462 e. The zero-order valence-corrected chi connectivity index (χ0v) is 13.3. The molecular formula is C11H18O7Si. The highest BCUT2D eigenvalue weighted by molar-refractivity contribution is 6.13. The minimum atomic E-state index is -1.64. The van der Waals surface area contributed by atoms with E-state index in [1.54, 1.807) is 0 Å². The van der Waals surface area contributed by atoms with Crippen molar-refractivity contribution in [3.8, 4) is 0 Å². The van der Waals surface area contributed by atoms with E-state index in [1.807, 2.05) is 0 Å². The molecule has 0 atom stereocenters. The third-order valence-corrected chi connectivity index (χ3v) is 2.42.